The van der Waals surface area contributed by atoms with Gasteiger partial charge in [-0.05, 0) is 42.0 Å². The standard InChI is InChI=1S/C22H17N5O3S/c1-29-16-5-6-18-14(8-16)9-19(30-18)21(28)26-15-4-2-3-13(7-15)11-31-22-17-10-25-27-20(17)23-12-24-22/h2-10,12H,11H2,1H3,(H,26,28)(H,23,24,25,27). The highest BCUT2D eigenvalue weighted by atomic mass is 32.2. The van der Waals surface area contributed by atoms with Crippen molar-refractivity contribution in [1.82, 2.24) is 20.2 Å². The van der Waals surface area contributed by atoms with Crippen LogP contribution in [0.1, 0.15) is 16.1 Å². The van der Waals surface area contributed by atoms with Crippen LogP contribution in [-0.4, -0.2) is 33.2 Å². The van der Waals surface area contributed by atoms with Gasteiger partial charge >= 0.3 is 0 Å². The van der Waals surface area contributed by atoms with E-state index in [0.717, 1.165) is 21.4 Å². The molecule has 5 rings (SSSR count). The number of hydrogen-bond acceptors (Lipinski definition) is 7. The summed E-state index contributed by atoms with van der Waals surface area (Å²) in [6.07, 6.45) is 3.24. The lowest BCUT2D eigenvalue weighted by Gasteiger charge is -2.06. The molecule has 0 spiro atoms. The highest BCUT2D eigenvalue weighted by molar-refractivity contribution is 7.98. The van der Waals surface area contributed by atoms with E-state index in [1.165, 1.54) is 6.33 Å². The van der Waals surface area contributed by atoms with Crippen LogP contribution in [0, 0.1) is 0 Å². The fraction of sp³-hybridized carbons (Fsp3) is 0.0909. The molecule has 0 saturated carbocycles. The van der Waals surface area contributed by atoms with Crippen LogP contribution >= 0.6 is 11.8 Å². The number of rotatable bonds is 6. The zero-order chi connectivity index (χ0) is 21.2. The molecule has 0 atom stereocenters. The van der Waals surface area contributed by atoms with Crippen LogP contribution < -0.4 is 10.1 Å². The third-order valence-electron chi connectivity index (χ3n) is 4.72. The number of fused-ring (bicyclic) bond motifs is 2. The highest BCUT2D eigenvalue weighted by Crippen LogP contribution is 2.28. The summed E-state index contributed by atoms with van der Waals surface area (Å²) in [6.45, 7) is 0. The first-order valence-electron chi connectivity index (χ1n) is 9.44. The average molecular weight is 431 g/mol. The quantitative estimate of drug-likeness (QED) is 0.298. The van der Waals surface area contributed by atoms with Crippen LogP contribution in [0.25, 0.3) is 22.0 Å². The number of anilines is 1. The SMILES string of the molecule is COc1ccc2oc(C(=O)Nc3cccc(CSc4ncnc5[nH]ncc45)c3)cc2c1. The summed E-state index contributed by atoms with van der Waals surface area (Å²) in [4.78, 5) is 21.2. The van der Waals surface area contributed by atoms with E-state index in [1.54, 1.807) is 43.3 Å². The Balaban J connectivity index is 1.30. The minimum Gasteiger partial charge on any atom is -0.497 e. The number of nitrogens with zero attached hydrogens (tertiary/aromatic N) is 3. The van der Waals surface area contributed by atoms with Gasteiger partial charge in [0, 0.05) is 16.8 Å². The molecule has 0 saturated heterocycles. The molecule has 9 heteroatoms. The molecule has 2 N–H and O–H groups in total. The summed E-state index contributed by atoms with van der Waals surface area (Å²) < 4.78 is 10.9. The molecular formula is C22H17N5O3S. The second kappa shape index (κ2) is 8.11. The number of nitrogens with one attached hydrogen (secondary N) is 2. The van der Waals surface area contributed by atoms with Crippen LogP contribution in [0.2, 0.25) is 0 Å². The number of H-pyrrole nitrogens is 1. The van der Waals surface area contributed by atoms with Gasteiger partial charge in [-0.15, -0.1) is 11.8 Å². The van der Waals surface area contributed by atoms with Crippen molar-refractivity contribution in [3.8, 4) is 5.75 Å². The third-order valence-corrected chi connectivity index (χ3v) is 5.80. The Kier molecular flexibility index (Phi) is 5.01. The zero-order valence-electron chi connectivity index (χ0n) is 16.5. The van der Waals surface area contributed by atoms with Crippen molar-refractivity contribution in [2.24, 2.45) is 0 Å². The number of hydrogen-bond donors (Lipinski definition) is 2. The fourth-order valence-electron chi connectivity index (χ4n) is 3.20. The van der Waals surface area contributed by atoms with Crippen molar-refractivity contribution in [2.75, 3.05) is 12.4 Å². The van der Waals surface area contributed by atoms with Crippen LogP contribution in [-0.2, 0) is 5.75 Å². The highest BCUT2D eigenvalue weighted by Gasteiger charge is 2.14. The smallest absolute Gasteiger partial charge is 0.291 e. The Hall–Kier alpha value is -3.85. The van der Waals surface area contributed by atoms with Gasteiger partial charge in [0.15, 0.2) is 11.4 Å². The molecule has 31 heavy (non-hydrogen) atoms. The number of amides is 1. The van der Waals surface area contributed by atoms with Gasteiger partial charge < -0.3 is 14.5 Å². The monoisotopic (exact) mass is 431 g/mol. The van der Waals surface area contributed by atoms with Gasteiger partial charge in [-0.2, -0.15) is 5.10 Å². The van der Waals surface area contributed by atoms with E-state index >= 15 is 0 Å². The number of thioether (sulfide) groups is 1. The van der Waals surface area contributed by atoms with Gasteiger partial charge in [0.25, 0.3) is 5.91 Å². The lowest BCUT2D eigenvalue weighted by molar-refractivity contribution is 0.0998. The summed E-state index contributed by atoms with van der Waals surface area (Å²) in [5, 5.41) is 12.3. The van der Waals surface area contributed by atoms with E-state index in [9.17, 15) is 4.79 Å². The van der Waals surface area contributed by atoms with Crippen molar-refractivity contribution >= 4 is 45.4 Å². The molecule has 154 valence electrons. The first kappa shape index (κ1) is 19.1. The molecule has 1 amide bonds. The molecule has 3 aromatic heterocycles. The molecule has 3 heterocycles. The Morgan fingerprint density at radius 3 is 3.03 bits per heavy atom. The van der Waals surface area contributed by atoms with Crippen molar-refractivity contribution < 1.29 is 13.9 Å². The summed E-state index contributed by atoms with van der Waals surface area (Å²) in [7, 11) is 1.60. The molecule has 5 aromatic rings. The maximum Gasteiger partial charge on any atom is 0.291 e. The lowest BCUT2D eigenvalue weighted by atomic mass is 10.2. The van der Waals surface area contributed by atoms with Crippen molar-refractivity contribution in [2.45, 2.75) is 10.8 Å². The van der Waals surface area contributed by atoms with E-state index in [-0.39, 0.29) is 11.7 Å². The molecule has 0 aliphatic heterocycles. The average Bonchev–Trinajstić information content (AvgIpc) is 3.44. The van der Waals surface area contributed by atoms with E-state index in [1.807, 2.05) is 30.3 Å². The van der Waals surface area contributed by atoms with Crippen LogP contribution in [0.15, 0.2) is 70.5 Å². The molecule has 0 fully saturated rings. The number of ether oxygens (including phenoxy) is 1. The van der Waals surface area contributed by atoms with Gasteiger partial charge in [0.2, 0.25) is 0 Å². The molecule has 0 bridgehead atoms. The topological polar surface area (TPSA) is 106 Å². The van der Waals surface area contributed by atoms with Gasteiger partial charge in [0.1, 0.15) is 22.7 Å². The number of methoxy groups -OCH3 is 1. The fourth-order valence-corrected chi connectivity index (χ4v) is 4.11. The number of furan rings is 1. The maximum atomic E-state index is 12.7. The maximum absolute atomic E-state index is 12.7. The number of carbonyl (C=O) groups is 1. The second-order valence-corrected chi connectivity index (χ2v) is 7.73. The van der Waals surface area contributed by atoms with E-state index in [0.29, 0.717) is 28.4 Å². The largest absolute Gasteiger partial charge is 0.497 e. The Bertz CT molecular complexity index is 1390. The molecule has 0 aliphatic carbocycles. The van der Waals surface area contributed by atoms with Crippen molar-refractivity contribution in [3.63, 3.8) is 0 Å². The summed E-state index contributed by atoms with van der Waals surface area (Å²) >= 11 is 1.58. The van der Waals surface area contributed by atoms with Crippen LogP contribution in [0.4, 0.5) is 5.69 Å². The number of aromatic amines is 1. The predicted molar refractivity (Wildman–Crippen MR) is 118 cm³/mol. The van der Waals surface area contributed by atoms with E-state index in [4.69, 9.17) is 9.15 Å². The molecule has 2 aromatic carbocycles. The number of carbonyl (C=O) groups excluding carboxylic acids is 1. The minimum absolute atomic E-state index is 0.242. The molecular weight excluding hydrogens is 414 g/mol. The van der Waals surface area contributed by atoms with Gasteiger partial charge in [0.05, 0.1) is 18.7 Å². The normalized spacial score (nSPS) is 11.1. The summed E-state index contributed by atoms with van der Waals surface area (Å²) in [6, 6.07) is 14.8. The molecule has 0 unspecified atom stereocenters. The third kappa shape index (κ3) is 3.95. The minimum atomic E-state index is -0.309. The van der Waals surface area contributed by atoms with Gasteiger partial charge in [-0.3, -0.25) is 9.89 Å². The van der Waals surface area contributed by atoms with E-state index in [2.05, 4.69) is 25.5 Å². The summed E-state index contributed by atoms with van der Waals surface area (Å²) in [5.41, 5.74) is 3.08. The Morgan fingerprint density at radius 1 is 1.19 bits per heavy atom. The molecule has 8 nitrogen and oxygen atoms in total. The van der Waals surface area contributed by atoms with Crippen molar-refractivity contribution in [1.29, 1.82) is 0 Å². The lowest BCUT2D eigenvalue weighted by Crippen LogP contribution is -2.10. The predicted octanol–water partition coefficient (Wildman–Crippen LogP) is 4.65. The zero-order valence-corrected chi connectivity index (χ0v) is 17.3. The second-order valence-electron chi connectivity index (χ2n) is 6.77. The van der Waals surface area contributed by atoms with Gasteiger partial charge in [-0.1, -0.05) is 12.1 Å². The van der Waals surface area contributed by atoms with E-state index < -0.39 is 0 Å². The summed E-state index contributed by atoms with van der Waals surface area (Å²) in [5.74, 6) is 1.33. The van der Waals surface area contributed by atoms with Crippen molar-refractivity contribution in [3.05, 3.63) is 72.4 Å². The molecule has 0 radical (unpaired) electrons. The Labute approximate surface area is 181 Å². The first-order valence-corrected chi connectivity index (χ1v) is 10.4. The first-order chi connectivity index (χ1) is 15.2. The molecule has 0 aliphatic rings. The van der Waals surface area contributed by atoms with Gasteiger partial charge in [-0.25, -0.2) is 9.97 Å². The Morgan fingerprint density at radius 2 is 2.13 bits per heavy atom. The van der Waals surface area contributed by atoms with Crippen LogP contribution in [0.3, 0.4) is 0 Å². The number of aromatic nitrogens is 4. The van der Waals surface area contributed by atoms with Crippen LogP contribution in [0.5, 0.6) is 5.75 Å². The number of benzene rings is 2.